The van der Waals surface area contributed by atoms with Crippen LogP contribution in [0, 0.1) is 0 Å². The second kappa shape index (κ2) is 4.16. The second-order valence-electron chi connectivity index (χ2n) is 4.45. The molecule has 1 saturated carbocycles. The lowest BCUT2D eigenvalue weighted by Gasteiger charge is -2.13. The Morgan fingerprint density at radius 2 is 2.06 bits per heavy atom. The average Bonchev–Trinajstić information content (AvgIpc) is 3.00. The molecule has 2 heterocycles. The fourth-order valence-electron chi connectivity index (χ4n) is 2.45. The quantitative estimate of drug-likeness (QED) is 0.855. The highest BCUT2D eigenvalue weighted by molar-refractivity contribution is 5.52. The Morgan fingerprint density at radius 1 is 1.24 bits per heavy atom. The predicted molar refractivity (Wildman–Crippen MR) is 65.2 cm³/mol. The highest BCUT2D eigenvalue weighted by atomic mass is 15.3. The third-order valence-electron chi connectivity index (χ3n) is 3.29. The molecule has 17 heavy (non-hydrogen) atoms. The molecule has 1 fully saturated rings. The van der Waals surface area contributed by atoms with Gasteiger partial charge in [-0.05, 0) is 25.0 Å². The van der Waals surface area contributed by atoms with E-state index >= 15 is 0 Å². The molecule has 0 atom stereocenters. The molecule has 0 spiro atoms. The van der Waals surface area contributed by atoms with Crippen LogP contribution in [0.15, 0.2) is 24.5 Å². The molecular formula is C12H15N5. The SMILES string of the molecule is Nc1cccc(-c2nncn2C2CCCC2)n1. The molecule has 1 aliphatic carbocycles. The summed E-state index contributed by atoms with van der Waals surface area (Å²) in [5.41, 5.74) is 6.50. The van der Waals surface area contributed by atoms with Crippen LogP contribution in [0.4, 0.5) is 5.82 Å². The van der Waals surface area contributed by atoms with Crippen LogP contribution in [0.2, 0.25) is 0 Å². The third kappa shape index (κ3) is 1.88. The summed E-state index contributed by atoms with van der Waals surface area (Å²) in [6.07, 6.45) is 6.77. The Labute approximate surface area is 99.7 Å². The van der Waals surface area contributed by atoms with Crippen molar-refractivity contribution >= 4 is 5.82 Å². The Bertz CT molecular complexity index is 513. The van der Waals surface area contributed by atoms with Gasteiger partial charge in [0.2, 0.25) is 0 Å². The first-order valence-electron chi connectivity index (χ1n) is 5.97. The molecular weight excluding hydrogens is 214 g/mol. The number of rotatable bonds is 2. The zero-order valence-corrected chi connectivity index (χ0v) is 9.58. The van der Waals surface area contributed by atoms with Crippen molar-refractivity contribution in [2.75, 3.05) is 5.73 Å². The lowest BCUT2D eigenvalue weighted by Crippen LogP contribution is -2.06. The van der Waals surface area contributed by atoms with Crippen LogP contribution in [-0.4, -0.2) is 19.7 Å². The number of nitrogens with zero attached hydrogens (tertiary/aromatic N) is 4. The molecule has 0 saturated heterocycles. The summed E-state index contributed by atoms with van der Waals surface area (Å²) < 4.78 is 2.13. The van der Waals surface area contributed by atoms with Crippen LogP contribution in [0.3, 0.4) is 0 Å². The van der Waals surface area contributed by atoms with Crippen LogP contribution in [-0.2, 0) is 0 Å². The van der Waals surface area contributed by atoms with E-state index in [-0.39, 0.29) is 0 Å². The van der Waals surface area contributed by atoms with E-state index in [2.05, 4.69) is 19.7 Å². The molecule has 0 radical (unpaired) electrons. The highest BCUT2D eigenvalue weighted by Crippen LogP contribution is 2.32. The molecule has 0 unspecified atom stereocenters. The molecule has 0 amide bonds. The van der Waals surface area contributed by atoms with E-state index in [4.69, 9.17) is 5.73 Å². The first-order chi connectivity index (χ1) is 8.34. The normalized spacial score (nSPS) is 16.5. The van der Waals surface area contributed by atoms with Gasteiger partial charge in [0.25, 0.3) is 0 Å². The highest BCUT2D eigenvalue weighted by Gasteiger charge is 2.21. The first-order valence-corrected chi connectivity index (χ1v) is 5.97. The number of anilines is 1. The Balaban J connectivity index is 2.00. The summed E-state index contributed by atoms with van der Waals surface area (Å²) in [7, 11) is 0. The maximum absolute atomic E-state index is 5.70. The van der Waals surface area contributed by atoms with Crippen molar-refractivity contribution < 1.29 is 0 Å². The van der Waals surface area contributed by atoms with E-state index in [1.807, 2.05) is 12.1 Å². The summed E-state index contributed by atoms with van der Waals surface area (Å²) in [4.78, 5) is 4.30. The van der Waals surface area contributed by atoms with Crippen LogP contribution >= 0.6 is 0 Å². The standard InChI is InChI=1S/C12H15N5/c13-11-7-3-6-10(15-11)12-16-14-8-17(12)9-4-1-2-5-9/h3,6-9H,1-2,4-5H2,(H2,13,15). The third-order valence-corrected chi connectivity index (χ3v) is 3.29. The molecule has 1 aliphatic rings. The maximum atomic E-state index is 5.70. The molecule has 3 rings (SSSR count). The van der Waals surface area contributed by atoms with Gasteiger partial charge < -0.3 is 10.3 Å². The molecule has 5 nitrogen and oxygen atoms in total. The molecule has 0 aromatic carbocycles. The molecule has 5 heteroatoms. The number of pyridine rings is 1. The van der Waals surface area contributed by atoms with Crippen LogP contribution in [0.25, 0.3) is 11.5 Å². The summed E-state index contributed by atoms with van der Waals surface area (Å²) >= 11 is 0. The van der Waals surface area contributed by atoms with Crippen molar-refractivity contribution in [1.82, 2.24) is 19.7 Å². The number of hydrogen-bond acceptors (Lipinski definition) is 4. The molecule has 0 aliphatic heterocycles. The molecule has 88 valence electrons. The molecule has 2 aromatic rings. The van der Waals surface area contributed by atoms with Gasteiger partial charge in [0, 0.05) is 6.04 Å². The average molecular weight is 229 g/mol. The van der Waals surface area contributed by atoms with E-state index in [1.165, 1.54) is 25.7 Å². The minimum Gasteiger partial charge on any atom is -0.384 e. The zero-order chi connectivity index (χ0) is 11.7. The smallest absolute Gasteiger partial charge is 0.182 e. The van der Waals surface area contributed by atoms with Gasteiger partial charge in [0.05, 0.1) is 0 Å². The lowest BCUT2D eigenvalue weighted by molar-refractivity contribution is 0.521. The Hall–Kier alpha value is -1.91. The first kappa shape index (κ1) is 10.3. The fraction of sp³-hybridized carbons (Fsp3) is 0.417. The number of nitrogen functional groups attached to an aromatic ring is 1. The largest absolute Gasteiger partial charge is 0.384 e. The number of aromatic nitrogens is 4. The molecule has 2 N–H and O–H groups in total. The van der Waals surface area contributed by atoms with Crippen molar-refractivity contribution in [3.8, 4) is 11.5 Å². The van der Waals surface area contributed by atoms with Crippen molar-refractivity contribution in [2.45, 2.75) is 31.7 Å². The van der Waals surface area contributed by atoms with Crippen LogP contribution in [0.5, 0.6) is 0 Å². The summed E-state index contributed by atoms with van der Waals surface area (Å²) in [5, 5.41) is 8.17. The summed E-state index contributed by atoms with van der Waals surface area (Å²) in [6, 6.07) is 6.11. The van der Waals surface area contributed by atoms with E-state index in [0.717, 1.165) is 11.5 Å². The van der Waals surface area contributed by atoms with Gasteiger partial charge in [-0.1, -0.05) is 18.9 Å². The minimum absolute atomic E-state index is 0.517. The van der Waals surface area contributed by atoms with E-state index in [9.17, 15) is 0 Å². The fourth-order valence-corrected chi connectivity index (χ4v) is 2.45. The van der Waals surface area contributed by atoms with Gasteiger partial charge in [-0.2, -0.15) is 0 Å². The monoisotopic (exact) mass is 229 g/mol. The summed E-state index contributed by atoms with van der Waals surface area (Å²) in [5.74, 6) is 1.34. The molecule has 2 aromatic heterocycles. The van der Waals surface area contributed by atoms with E-state index < -0.39 is 0 Å². The van der Waals surface area contributed by atoms with Gasteiger partial charge >= 0.3 is 0 Å². The Morgan fingerprint density at radius 3 is 2.82 bits per heavy atom. The van der Waals surface area contributed by atoms with Crippen molar-refractivity contribution in [2.24, 2.45) is 0 Å². The number of hydrogen-bond donors (Lipinski definition) is 1. The lowest BCUT2D eigenvalue weighted by atomic mass is 10.2. The van der Waals surface area contributed by atoms with Crippen molar-refractivity contribution in [1.29, 1.82) is 0 Å². The van der Waals surface area contributed by atoms with Crippen molar-refractivity contribution in [3.63, 3.8) is 0 Å². The second-order valence-corrected chi connectivity index (χ2v) is 4.45. The molecule has 0 bridgehead atoms. The van der Waals surface area contributed by atoms with Gasteiger partial charge in [0.15, 0.2) is 5.82 Å². The van der Waals surface area contributed by atoms with Crippen LogP contribution in [0.1, 0.15) is 31.7 Å². The topological polar surface area (TPSA) is 69.6 Å². The van der Waals surface area contributed by atoms with E-state index in [0.29, 0.717) is 11.9 Å². The number of nitrogens with two attached hydrogens (primary N) is 1. The predicted octanol–water partition coefficient (Wildman–Crippen LogP) is 2.04. The van der Waals surface area contributed by atoms with Gasteiger partial charge in [-0.3, -0.25) is 0 Å². The van der Waals surface area contributed by atoms with Crippen molar-refractivity contribution in [3.05, 3.63) is 24.5 Å². The van der Waals surface area contributed by atoms with Gasteiger partial charge in [-0.15, -0.1) is 10.2 Å². The minimum atomic E-state index is 0.517. The van der Waals surface area contributed by atoms with Gasteiger partial charge in [-0.25, -0.2) is 4.98 Å². The van der Waals surface area contributed by atoms with Crippen LogP contribution < -0.4 is 5.73 Å². The zero-order valence-electron chi connectivity index (χ0n) is 9.58. The van der Waals surface area contributed by atoms with Gasteiger partial charge in [0.1, 0.15) is 17.8 Å². The Kier molecular flexibility index (Phi) is 2.51. The summed E-state index contributed by atoms with van der Waals surface area (Å²) in [6.45, 7) is 0. The maximum Gasteiger partial charge on any atom is 0.182 e. The van der Waals surface area contributed by atoms with E-state index in [1.54, 1.807) is 12.4 Å².